The third-order valence-corrected chi connectivity index (χ3v) is 3.95. The van der Waals surface area contributed by atoms with Crippen molar-refractivity contribution in [3.05, 3.63) is 36.7 Å². The third kappa shape index (κ3) is 3.94. The number of likely N-dealkylation sites (tertiary alicyclic amines) is 1. The Morgan fingerprint density at radius 3 is 2.92 bits per heavy atom. The Morgan fingerprint density at radius 2 is 2.21 bits per heavy atom. The predicted molar refractivity (Wildman–Crippen MR) is 86.6 cm³/mol. The molecule has 124 valence electrons. The average molecular weight is 325 g/mol. The molecular weight excluding hydrogens is 306 g/mol. The Morgan fingerprint density at radius 1 is 1.38 bits per heavy atom. The van der Waals surface area contributed by atoms with Gasteiger partial charge < -0.3 is 5.32 Å². The van der Waals surface area contributed by atoms with E-state index in [4.69, 9.17) is 0 Å². The van der Waals surface area contributed by atoms with Crippen molar-refractivity contribution in [1.82, 2.24) is 35.2 Å². The van der Waals surface area contributed by atoms with E-state index in [0.717, 1.165) is 18.7 Å². The van der Waals surface area contributed by atoms with E-state index in [1.807, 2.05) is 13.1 Å². The number of aromatic nitrogens is 5. The lowest BCUT2D eigenvalue weighted by molar-refractivity contribution is -0.121. The summed E-state index contributed by atoms with van der Waals surface area (Å²) in [6.07, 6.45) is 8.49. The lowest BCUT2D eigenvalue weighted by atomic mass is 10.1. The van der Waals surface area contributed by atoms with Gasteiger partial charge in [-0.3, -0.25) is 9.69 Å². The van der Waals surface area contributed by atoms with Crippen LogP contribution in [-0.4, -0.2) is 61.4 Å². The standard InChI is InChI=1S/C16H19N7O/c1-2-3-5-22-10-14(15(11-22)23-6-4-19-21-23)20-16(24)7-13-8-17-12-18-9-13/h4,6,8-9,12,14-15H,5,7,10-11H2,1H3,(H,20,24)/t14-,15+/m1/s1. The lowest BCUT2D eigenvalue weighted by Gasteiger charge is -2.19. The minimum Gasteiger partial charge on any atom is -0.350 e. The Kier molecular flexibility index (Phi) is 5.13. The largest absolute Gasteiger partial charge is 0.350 e. The maximum atomic E-state index is 12.3. The molecule has 1 amide bonds. The second-order valence-electron chi connectivity index (χ2n) is 5.67. The van der Waals surface area contributed by atoms with Gasteiger partial charge in [-0.1, -0.05) is 11.1 Å². The highest BCUT2D eigenvalue weighted by Gasteiger charge is 2.35. The topological polar surface area (TPSA) is 88.8 Å². The first-order valence-electron chi connectivity index (χ1n) is 7.77. The molecule has 0 saturated carbocycles. The first-order chi connectivity index (χ1) is 11.8. The summed E-state index contributed by atoms with van der Waals surface area (Å²) in [7, 11) is 0. The van der Waals surface area contributed by atoms with E-state index in [1.54, 1.807) is 23.3 Å². The van der Waals surface area contributed by atoms with Gasteiger partial charge in [0.05, 0.1) is 31.2 Å². The summed E-state index contributed by atoms with van der Waals surface area (Å²) in [4.78, 5) is 22.4. The summed E-state index contributed by atoms with van der Waals surface area (Å²) < 4.78 is 1.80. The smallest absolute Gasteiger partial charge is 0.224 e. The number of carbonyl (C=O) groups is 1. The molecule has 2 atom stereocenters. The van der Waals surface area contributed by atoms with E-state index in [9.17, 15) is 4.79 Å². The quantitative estimate of drug-likeness (QED) is 0.758. The molecule has 0 aromatic carbocycles. The van der Waals surface area contributed by atoms with E-state index in [-0.39, 0.29) is 24.4 Å². The number of rotatable bonds is 5. The van der Waals surface area contributed by atoms with Crippen molar-refractivity contribution >= 4 is 5.91 Å². The van der Waals surface area contributed by atoms with Crippen molar-refractivity contribution in [3.8, 4) is 11.8 Å². The van der Waals surface area contributed by atoms with Gasteiger partial charge in [-0.15, -0.1) is 11.0 Å². The fourth-order valence-electron chi connectivity index (χ4n) is 2.85. The molecule has 1 aliphatic heterocycles. The van der Waals surface area contributed by atoms with E-state index in [0.29, 0.717) is 6.54 Å². The predicted octanol–water partition coefficient (Wildman–Crippen LogP) is -0.324. The van der Waals surface area contributed by atoms with Crippen molar-refractivity contribution in [1.29, 1.82) is 0 Å². The second-order valence-corrected chi connectivity index (χ2v) is 5.67. The number of carbonyl (C=O) groups excluding carboxylic acids is 1. The molecule has 0 bridgehead atoms. The molecule has 3 rings (SSSR count). The Balaban J connectivity index is 1.66. The number of nitrogens with zero attached hydrogens (tertiary/aromatic N) is 6. The van der Waals surface area contributed by atoms with Gasteiger partial charge in [-0.05, 0) is 12.5 Å². The highest BCUT2D eigenvalue weighted by atomic mass is 16.1. The minimum absolute atomic E-state index is 0.0394. The van der Waals surface area contributed by atoms with E-state index in [2.05, 4.69) is 42.3 Å². The first-order valence-corrected chi connectivity index (χ1v) is 7.77. The maximum Gasteiger partial charge on any atom is 0.224 e. The van der Waals surface area contributed by atoms with E-state index >= 15 is 0 Å². The van der Waals surface area contributed by atoms with E-state index in [1.165, 1.54) is 6.33 Å². The maximum absolute atomic E-state index is 12.3. The van der Waals surface area contributed by atoms with Crippen LogP contribution < -0.4 is 5.32 Å². The van der Waals surface area contributed by atoms with Crippen LogP contribution in [0.1, 0.15) is 18.5 Å². The summed E-state index contributed by atoms with van der Waals surface area (Å²) >= 11 is 0. The van der Waals surface area contributed by atoms with Gasteiger partial charge in [0.25, 0.3) is 0 Å². The minimum atomic E-state index is -0.0525. The third-order valence-electron chi connectivity index (χ3n) is 3.95. The van der Waals surface area contributed by atoms with Gasteiger partial charge in [-0.25, -0.2) is 14.6 Å². The molecule has 24 heavy (non-hydrogen) atoms. The first kappa shape index (κ1) is 16.1. The molecular formula is C16H19N7O. The van der Waals surface area contributed by atoms with Crippen LogP contribution >= 0.6 is 0 Å². The Labute approximate surface area is 140 Å². The summed E-state index contributed by atoms with van der Waals surface area (Å²) in [6, 6.07) is 0.00427. The van der Waals surface area contributed by atoms with Gasteiger partial charge >= 0.3 is 0 Å². The van der Waals surface area contributed by atoms with Gasteiger partial charge in [0.15, 0.2) is 0 Å². The Bertz CT molecular complexity index is 720. The van der Waals surface area contributed by atoms with Gasteiger partial charge in [0.2, 0.25) is 5.91 Å². The van der Waals surface area contributed by atoms with Crippen molar-refractivity contribution in [2.24, 2.45) is 0 Å². The van der Waals surface area contributed by atoms with Crippen LogP contribution in [0.3, 0.4) is 0 Å². The fraction of sp³-hybridized carbons (Fsp3) is 0.438. The molecule has 2 aromatic heterocycles. The zero-order valence-electron chi connectivity index (χ0n) is 13.5. The molecule has 1 saturated heterocycles. The molecule has 1 N–H and O–H groups in total. The lowest BCUT2D eigenvalue weighted by Crippen LogP contribution is -2.42. The summed E-state index contributed by atoms with van der Waals surface area (Å²) in [5, 5.41) is 11.1. The Hall–Kier alpha value is -2.79. The molecule has 8 nitrogen and oxygen atoms in total. The zero-order valence-corrected chi connectivity index (χ0v) is 13.5. The van der Waals surface area contributed by atoms with Crippen LogP contribution in [0.4, 0.5) is 0 Å². The summed E-state index contributed by atoms with van der Waals surface area (Å²) in [5.41, 5.74) is 0.791. The second kappa shape index (κ2) is 7.66. The normalized spacial score (nSPS) is 20.4. The van der Waals surface area contributed by atoms with Crippen LogP contribution in [-0.2, 0) is 11.2 Å². The molecule has 2 aromatic rings. The fourth-order valence-corrected chi connectivity index (χ4v) is 2.85. The van der Waals surface area contributed by atoms with E-state index < -0.39 is 0 Å². The van der Waals surface area contributed by atoms with Crippen LogP contribution in [0.5, 0.6) is 0 Å². The monoisotopic (exact) mass is 325 g/mol. The highest BCUT2D eigenvalue weighted by molar-refractivity contribution is 5.78. The van der Waals surface area contributed by atoms with Gasteiger partial charge in [-0.2, -0.15) is 0 Å². The molecule has 0 aliphatic carbocycles. The highest BCUT2D eigenvalue weighted by Crippen LogP contribution is 2.21. The van der Waals surface area contributed by atoms with Crippen molar-refractivity contribution in [2.45, 2.75) is 25.4 Å². The SMILES string of the molecule is CC#CCN1C[C@@H](NC(=O)Cc2cncnc2)[C@@H](n2ccnn2)C1. The molecule has 3 heterocycles. The van der Waals surface area contributed by atoms with Crippen LogP contribution in [0.15, 0.2) is 31.1 Å². The number of hydrogen-bond donors (Lipinski definition) is 1. The molecule has 0 radical (unpaired) electrons. The summed E-state index contributed by atoms with van der Waals surface area (Å²) in [5.74, 6) is 5.92. The van der Waals surface area contributed by atoms with Crippen molar-refractivity contribution in [3.63, 3.8) is 0 Å². The molecule has 0 unspecified atom stereocenters. The van der Waals surface area contributed by atoms with Crippen LogP contribution in [0, 0.1) is 11.8 Å². The van der Waals surface area contributed by atoms with Crippen molar-refractivity contribution in [2.75, 3.05) is 19.6 Å². The van der Waals surface area contributed by atoms with Crippen LogP contribution in [0.25, 0.3) is 0 Å². The molecule has 1 fully saturated rings. The molecule has 1 aliphatic rings. The van der Waals surface area contributed by atoms with Crippen LogP contribution in [0.2, 0.25) is 0 Å². The zero-order chi connectivity index (χ0) is 16.8. The number of hydrogen-bond acceptors (Lipinski definition) is 6. The average Bonchev–Trinajstić information content (AvgIpc) is 3.23. The molecule has 0 spiro atoms. The van der Waals surface area contributed by atoms with Gasteiger partial charge in [0, 0.05) is 31.7 Å². The van der Waals surface area contributed by atoms with Gasteiger partial charge in [0.1, 0.15) is 6.33 Å². The molecule has 8 heteroatoms. The summed E-state index contributed by atoms with van der Waals surface area (Å²) in [6.45, 7) is 4.01. The number of amides is 1. The van der Waals surface area contributed by atoms with Crippen molar-refractivity contribution < 1.29 is 4.79 Å². The number of nitrogens with one attached hydrogen (secondary N) is 1.